The zero-order valence-electron chi connectivity index (χ0n) is 9.97. The van der Waals surface area contributed by atoms with Crippen LogP contribution in [-0.4, -0.2) is 0 Å². The number of nitrogens with zero attached hydrogens (tertiary/aromatic N) is 1. The van der Waals surface area contributed by atoms with E-state index in [0.717, 1.165) is 24.0 Å². The molecule has 1 rings (SSSR count). The van der Waals surface area contributed by atoms with Crippen LogP contribution in [0.5, 0.6) is 0 Å². The minimum Gasteiger partial charge on any atom is -0.193 e. The summed E-state index contributed by atoms with van der Waals surface area (Å²) < 4.78 is 0. The summed E-state index contributed by atoms with van der Waals surface area (Å²) in [6.45, 7) is 6.13. The van der Waals surface area contributed by atoms with E-state index in [0.29, 0.717) is 10.6 Å². The van der Waals surface area contributed by atoms with Crippen LogP contribution < -0.4 is 0 Å². The number of nitriles is 1. The van der Waals surface area contributed by atoms with E-state index in [1.54, 1.807) is 0 Å². The van der Waals surface area contributed by atoms with E-state index in [-0.39, 0.29) is 0 Å². The molecule has 0 unspecified atom stereocenters. The summed E-state index contributed by atoms with van der Waals surface area (Å²) in [5.74, 6) is 0. The van der Waals surface area contributed by atoms with Gasteiger partial charge in [0.15, 0.2) is 0 Å². The second-order valence-corrected chi connectivity index (χ2v) is 4.28. The number of benzene rings is 1. The molecule has 84 valence electrons. The van der Waals surface area contributed by atoms with Gasteiger partial charge in [0, 0.05) is 5.57 Å². The van der Waals surface area contributed by atoms with Crippen molar-refractivity contribution >= 4 is 16.6 Å². The van der Waals surface area contributed by atoms with Crippen molar-refractivity contribution in [3.63, 3.8) is 0 Å². The van der Waals surface area contributed by atoms with E-state index in [4.69, 9.17) is 16.9 Å². The van der Waals surface area contributed by atoms with Crippen molar-refractivity contribution in [1.29, 1.82) is 5.26 Å². The molecule has 0 saturated carbocycles. The molecule has 16 heavy (non-hydrogen) atoms. The predicted molar refractivity (Wildman–Crippen MR) is 69.2 cm³/mol. The fourth-order valence-corrected chi connectivity index (χ4v) is 1.96. The topological polar surface area (TPSA) is 23.8 Å². The van der Waals surface area contributed by atoms with Gasteiger partial charge in [0.2, 0.25) is 0 Å². The van der Waals surface area contributed by atoms with Gasteiger partial charge in [-0.05, 0) is 37.0 Å². The van der Waals surface area contributed by atoms with Gasteiger partial charge in [-0.3, -0.25) is 0 Å². The molecule has 0 aliphatic carbocycles. The van der Waals surface area contributed by atoms with Crippen LogP contribution in [0.4, 0.5) is 0 Å². The van der Waals surface area contributed by atoms with E-state index in [2.05, 4.69) is 19.1 Å². The molecule has 0 aliphatic rings. The minimum atomic E-state index is 0.602. The average molecular weight is 234 g/mol. The highest BCUT2D eigenvalue weighted by atomic mass is 35.5. The second kappa shape index (κ2) is 5.72. The third kappa shape index (κ3) is 2.65. The predicted octanol–water partition coefficient (Wildman–Crippen LogP) is 4.58. The van der Waals surface area contributed by atoms with Crippen molar-refractivity contribution < 1.29 is 0 Å². The first-order valence-electron chi connectivity index (χ1n) is 5.47. The van der Waals surface area contributed by atoms with E-state index in [1.807, 2.05) is 26.0 Å². The van der Waals surface area contributed by atoms with Gasteiger partial charge in [0.25, 0.3) is 0 Å². The molecule has 0 aromatic heterocycles. The summed E-state index contributed by atoms with van der Waals surface area (Å²) in [7, 11) is 0. The third-order valence-electron chi connectivity index (χ3n) is 2.74. The Morgan fingerprint density at radius 2 is 2.06 bits per heavy atom. The van der Waals surface area contributed by atoms with Gasteiger partial charge >= 0.3 is 0 Å². The molecule has 0 N–H and O–H groups in total. The average Bonchev–Trinajstić information content (AvgIpc) is 2.29. The van der Waals surface area contributed by atoms with E-state index in [1.165, 1.54) is 5.56 Å². The van der Waals surface area contributed by atoms with Crippen molar-refractivity contribution in [2.24, 2.45) is 0 Å². The zero-order chi connectivity index (χ0) is 12.1. The number of rotatable bonds is 3. The maximum absolute atomic E-state index is 9.06. The van der Waals surface area contributed by atoms with E-state index >= 15 is 0 Å². The normalized spacial score (nSPS) is 11.9. The number of halogens is 1. The first-order valence-corrected chi connectivity index (χ1v) is 5.85. The number of aryl methyl sites for hydroxylation is 1. The maximum Gasteiger partial charge on any atom is 0.0962 e. The molecule has 0 saturated heterocycles. The fraction of sp³-hybridized carbons (Fsp3) is 0.357. The molecule has 0 amide bonds. The molecule has 1 nitrogen and oxygen atoms in total. The Balaban J connectivity index is 3.28. The molecule has 0 aliphatic heterocycles. The van der Waals surface area contributed by atoms with Crippen LogP contribution in [0.15, 0.2) is 23.8 Å². The lowest BCUT2D eigenvalue weighted by Crippen LogP contribution is -1.91. The molecule has 0 fully saturated rings. The Labute approximate surface area is 102 Å². The summed E-state index contributed by atoms with van der Waals surface area (Å²) in [5.41, 5.74) is 4.00. The maximum atomic E-state index is 9.06. The number of allylic oxidation sites excluding steroid dienone is 1. The largest absolute Gasteiger partial charge is 0.193 e. The molecule has 0 radical (unpaired) electrons. The van der Waals surface area contributed by atoms with Gasteiger partial charge < -0.3 is 0 Å². The van der Waals surface area contributed by atoms with Crippen LogP contribution in [0.3, 0.4) is 0 Å². The van der Waals surface area contributed by atoms with Gasteiger partial charge in [-0.1, -0.05) is 43.1 Å². The summed E-state index contributed by atoms with van der Waals surface area (Å²) in [5, 5.41) is 9.66. The van der Waals surface area contributed by atoms with Crippen molar-refractivity contribution in [1.82, 2.24) is 0 Å². The van der Waals surface area contributed by atoms with E-state index in [9.17, 15) is 0 Å². The van der Waals surface area contributed by atoms with Crippen LogP contribution in [0.25, 0.3) is 5.03 Å². The standard InChI is InChI=1S/C14H16ClN/c1-4-6-12(9-16)14(15)13-8-5-7-10(2)11(13)3/h5,7-8H,4,6H2,1-3H3. The third-order valence-corrected chi connectivity index (χ3v) is 3.17. The summed E-state index contributed by atoms with van der Waals surface area (Å²) >= 11 is 6.29. The van der Waals surface area contributed by atoms with Crippen molar-refractivity contribution in [2.75, 3.05) is 0 Å². The molecule has 1 aromatic carbocycles. The van der Waals surface area contributed by atoms with Crippen LogP contribution in [0.1, 0.15) is 36.5 Å². The number of hydrogen-bond donors (Lipinski definition) is 0. The zero-order valence-corrected chi connectivity index (χ0v) is 10.7. The van der Waals surface area contributed by atoms with Gasteiger partial charge in [-0.2, -0.15) is 5.26 Å². The highest BCUT2D eigenvalue weighted by Gasteiger charge is 2.09. The highest BCUT2D eigenvalue weighted by molar-refractivity contribution is 6.49. The molecule has 1 aromatic rings. The Hall–Kier alpha value is -1.26. The van der Waals surface area contributed by atoms with Crippen LogP contribution in [-0.2, 0) is 0 Å². The Kier molecular flexibility index (Phi) is 4.58. The summed E-state index contributed by atoms with van der Waals surface area (Å²) in [4.78, 5) is 0. The van der Waals surface area contributed by atoms with Gasteiger partial charge in [0.05, 0.1) is 11.1 Å². The summed E-state index contributed by atoms with van der Waals surface area (Å²) in [6, 6.07) is 8.19. The monoisotopic (exact) mass is 233 g/mol. The molecule has 2 heteroatoms. The molecule has 0 atom stereocenters. The SMILES string of the molecule is CCCC(C#N)=C(Cl)c1cccc(C)c1C. The number of hydrogen-bond acceptors (Lipinski definition) is 1. The van der Waals surface area contributed by atoms with Crippen LogP contribution in [0, 0.1) is 25.2 Å². The first kappa shape index (κ1) is 12.8. The van der Waals surface area contributed by atoms with Crippen LogP contribution >= 0.6 is 11.6 Å². The quantitative estimate of drug-likeness (QED) is 0.702. The van der Waals surface area contributed by atoms with Crippen molar-refractivity contribution in [2.45, 2.75) is 33.6 Å². The lowest BCUT2D eigenvalue weighted by Gasteiger charge is -2.09. The smallest absolute Gasteiger partial charge is 0.0962 e. The second-order valence-electron chi connectivity index (χ2n) is 3.90. The van der Waals surface area contributed by atoms with Crippen molar-refractivity contribution in [3.8, 4) is 6.07 Å². The fourth-order valence-electron chi connectivity index (χ4n) is 1.62. The Morgan fingerprint density at radius 3 is 2.62 bits per heavy atom. The molecular formula is C14H16ClN. The first-order chi connectivity index (χ1) is 7.61. The molecule has 0 heterocycles. The minimum absolute atomic E-state index is 0.602. The Bertz CT molecular complexity index is 452. The summed E-state index contributed by atoms with van der Waals surface area (Å²) in [6.07, 6.45) is 1.67. The lowest BCUT2D eigenvalue weighted by molar-refractivity contribution is 0.933. The van der Waals surface area contributed by atoms with E-state index < -0.39 is 0 Å². The highest BCUT2D eigenvalue weighted by Crippen LogP contribution is 2.29. The molecule has 0 bridgehead atoms. The molecule has 0 spiro atoms. The van der Waals surface area contributed by atoms with Gasteiger partial charge in [0.1, 0.15) is 0 Å². The van der Waals surface area contributed by atoms with Gasteiger partial charge in [-0.25, -0.2) is 0 Å². The van der Waals surface area contributed by atoms with Crippen molar-refractivity contribution in [3.05, 3.63) is 40.5 Å². The molecular weight excluding hydrogens is 218 g/mol. The lowest BCUT2D eigenvalue weighted by atomic mass is 10.00. The van der Waals surface area contributed by atoms with Crippen LogP contribution in [0.2, 0.25) is 0 Å². The van der Waals surface area contributed by atoms with Gasteiger partial charge in [-0.15, -0.1) is 0 Å². The Morgan fingerprint density at radius 1 is 1.38 bits per heavy atom.